The van der Waals surface area contributed by atoms with Gasteiger partial charge in [-0.3, -0.25) is 4.84 Å². The van der Waals surface area contributed by atoms with Crippen LogP contribution in [0.4, 0.5) is 5.69 Å². The molecule has 1 aliphatic rings. The van der Waals surface area contributed by atoms with Gasteiger partial charge in [-0.15, -0.1) is 11.8 Å². The fourth-order valence-electron chi connectivity index (χ4n) is 3.79. The zero-order chi connectivity index (χ0) is 23.2. The first-order chi connectivity index (χ1) is 16.1. The van der Waals surface area contributed by atoms with Crippen molar-refractivity contribution in [2.45, 2.75) is 24.8 Å². The minimum Gasteiger partial charge on any atom is -0.508 e. The van der Waals surface area contributed by atoms with Gasteiger partial charge in [0.2, 0.25) is 0 Å². The van der Waals surface area contributed by atoms with Crippen molar-refractivity contribution in [2.75, 3.05) is 30.5 Å². The van der Waals surface area contributed by atoms with E-state index >= 15 is 0 Å². The average Bonchev–Trinajstić information content (AvgIpc) is 3.28. The SMILES string of the molecule is CCN(CC)CCSc1ccc(N2OC(c3ccc(O)cc3)C=C2c2ccc(O)cc2)cc1. The molecule has 0 fully saturated rings. The van der Waals surface area contributed by atoms with E-state index in [9.17, 15) is 10.2 Å². The van der Waals surface area contributed by atoms with Crippen LogP contribution in [0.2, 0.25) is 0 Å². The highest BCUT2D eigenvalue weighted by atomic mass is 32.2. The molecule has 1 atom stereocenters. The topological polar surface area (TPSA) is 56.2 Å². The minimum absolute atomic E-state index is 0.227. The monoisotopic (exact) mass is 462 g/mol. The highest BCUT2D eigenvalue weighted by Gasteiger charge is 2.28. The van der Waals surface area contributed by atoms with E-state index in [0.717, 1.165) is 47.9 Å². The summed E-state index contributed by atoms with van der Waals surface area (Å²) >= 11 is 1.86. The Morgan fingerprint density at radius 2 is 1.45 bits per heavy atom. The molecule has 0 amide bonds. The number of nitrogens with zero attached hydrogens (tertiary/aromatic N) is 2. The Morgan fingerprint density at radius 3 is 2.06 bits per heavy atom. The van der Waals surface area contributed by atoms with Crippen LogP contribution in [0, 0.1) is 0 Å². The van der Waals surface area contributed by atoms with Crippen LogP contribution in [0.15, 0.2) is 83.8 Å². The summed E-state index contributed by atoms with van der Waals surface area (Å²) in [5.74, 6) is 1.51. The first-order valence-electron chi connectivity index (χ1n) is 11.3. The van der Waals surface area contributed by atoms with Gasteiger partial charge in [-0.1, -0.05) is 26.0 Å². The number of phenols is 2. The molecule has 6 heteroatoms. The smallest absolute Gasteiger partial charge is 0.132 e. The molecule has 172 valence electrons. The number of benzene rings is 3. The molecule has 1 aliphatic heterocycles. The second-order valence-electron chi connectivity index (χ2n) is 7.88. The van der Waals surface area contributed by atoms with Gasteiger partial charge in [-0.2, -0.15) is 0 Å². The fraction of sp³-hybridized carbons (Fsp3) is 0.259. The van der Waals surface area contributed by atoms with Crippen LogP contribution in [0.1, 0.15) is 31.1 Å². The summed E-state index contributed by atoms with van der Waals surface area (Å²) in [6.45, 7) is 7.64. The fourth-order valence-corrected chi connectivity index (χ4v) is 4.70. The van der Waals surface area contributed by atoms with Crippen LogP contribution in [-0.4, -0.2) is 40.5 Å². The number of phenolic OH excluding ortho intramolecular Hbond substituents is 2. The zero-order valence-corrected chi connectivity index (χ0v) is 19.8. The van der Waals surface area contributed by atoms with Gasteiger partial charge < -0.3 is 15.1 Å². The van der Waals surface area contributed by atoms with E-state index in [1.54, 1.807) is 24.3 Å². The molecule has 4 rings (SSSR count). The molecule has 3 aromatic rings. The number of anilines is 1. The molecule has 2 N–H and O–H groups in total. The summed E-state index contributed by atoms with van der Waals surface area (Å²) < 4.78 is 0. The maximum absolute atomic E-state index is 9.71. The van der Waals surface area contributed by atoms with Crippen molar-refractivity contribution in [1.29, 1.82) is 0 Å². The number of hydroxylamine groups is 1. The van der Waals surface area contributed by atoms with Crippen LogP contribution in [0.25, 0.3) is 5.70 Å². The molecule has 1 unspecified atom stereocenters. The Bertz CT molecular complexity index is 1060. The molecular formula is C27H30N2O3S. The number of rotatable bonds is 9. The zero-order valence-electron chi connectivity index (χ0n) is 19.0. The van der Waals surface area contributed by atoms with Crippen LogP contribution >= 0.6 is 11.8 Å². The van der Waals surface area contributed by atoms with Gasteiger partial charge in [0.25, 0.3) is 0 Å². The summed E-state index contributed by atoms with van der Waals surface area (Å²) in [4.78, 5) is 10.00. The predicted molar refractivity (Wildman–Crippen MR) is 135 cm³/mol. The lowest BCUT2D eigenvalue weighted by molar-refractivity contribution is 0.105. The molecule has 0 aliphatic carbocycles. The summed E-state index contributed by atoms with van der Waals surface area (Å²) in [6.07, 6.45) is 1.78. The van der Waals surface area contributed by atoms with E-state index < -0.39 is 0 Å². The van der Waals surface area contributed by atoms with E-state index in [2.05, 4.69) is 49.1 Å². The van der Waals surface area contributed by atoms with E-state index in [1.165, 1.54) is 4.90 Å². The molecule has 0 bridgehead atoms. The summed E-state index contributed by atoms with van der Waals surface area (Å²) in [6, 6.07) is 22.6. The van der Waals surface area contributed by atoms with Crippen molar-refractivity contribution in [3.63, 3.8) is 0 Å². The van der Waals surface area contributed by atoms with E-state index in [1.807, 2.05) is 41.1 Å². The van der Waals surface area contributed by atoms with Gasteiger partial charge in [0.15, 0.2) is 0 Å². The van der Waals surface area contributed by atoms with Gasteiger partial charge >= 0.3 is 0 Å². The summed E-state index contributed by atoms with van der Waals surface area (Å²) in [5, 5.41) is 21.2. The molecule has 0 saturated heterocycles. The standard InChI is InChI=1S/C27H30N2O3S/c1-3-28(4-2)17-18-33-25-15-9-22(10-16-25)29-26(20-5-11-23(30)12-6-20)19-27(32-29)21-7-13-24(31)14-8-21/h5-16,19,27,30-31H,3-4,17-18H2,1-2H3. The van der Waals surface area contributed by atoms with Crippen LogP contribution < -0.4 is 5.06 Å². The molecule has 0 saturated carbocycles. The van der Waals surface area contributed by atoms with Crippen molar-refractivity contribution in [2.24, 2.45) is 0 Å². The number of aromatic hydroxyl groups is 2. The Balaban J connectivity index is 1.54. The quantitative estimate of drug-likeness (QED) is 0.377. The van der Waals surface area contributed by atoms with E-state index in [0.29, 0.717) is 0 Å². The molecule has 0 aromatic heterocycles. The van der Waals surface area contributed by atoms with Crippen LogP contribution in [0.5, 0.6) is 11.5 Å². The normalized spacial score (nSPS) is 15.8. The Kier molecular flexibility index (Phi) is 7.60. The lowest BCUT2D eigenvalue weighted by Crippen LogP contribution is -2.25. The first kappa shape index (κ1) is 23.2. The third kappa shape index (κ3) is 5.71. The van der Waals surface area contributed by atoms with Crippen molar-refractivity contribution < 1.29 is 15.1 Å². The molecular weight excluding hydrogens is 432 g/mol. The Hall–Kier alpha value is -2.93. The largest absolute Gasteiger partial charge is 0.508 e. The van der Waals surface area contributed by atoms with Crippen molar-refractivity contribution in [3.8, 4) is 11.5 Å². The Labute approximate surface area is 199 Å². The van der Waals surface area contributed by atoms with Gasteiger partial charge in [-0.05, 0) is 85.4 Å². The van der Waals surface area contributed by atoms with Crippen LogP contribution in [0.3, 0.4) is 0 Å². The molecule has 5 nitrogen and oxygen atoms in total. The second kappa shape index (κ2) is 10.8. The van der Waals surface area contributed by atoms with Crippen molar-refractivity contribution in [1.82, 2.24) is 4.90 Å². The number of hydrogen-bond donors (Lipinski definition) is 2. The van der Waals surface area contributed by atoms with Crippen LogP contribution in [-0.2, 0) is 4.84 Å². The molecule has 1 heterocycles. The molecule has 33 heavy (non-hydrogen) atoms. The maximum atomic E-state index is 9.71. The first-order valence-corrected chi connectivity index (χ1v) is 12.3. The Morgan fingerprint density at radius 1 is 0.848 bits per heavy atom. The van der Waals surface area contributed by atoms with Crippen molar-refractivity contribution in [3.05, 3.63) is 90.0 Å². The molecule has 0 radical (unpaired) electrons. The third-order valence-electron chi connectivity index (χ3n) is 5.77. The lowest BCUT2D eigenvalue weighted by Gasteiger charge is -2.23. The van der Waals surface area contributed by atoms with Gasteiger partial charge in [0.1, 0.15) is 17.6 Å². The third-order valence-corrected chi connectivity index (χ3v) is 6.77. The van der Waals surface area contributed by atoms with Gasteiger partial charge in [0.05, 0.1) is 11.4 Å². The van der Waals surface area contributed by atoms with E-state index in [-0.39, 0.29) is 17.6 Å². The number of hydrogen-bond acceptors (Lipinski definition) is 6. The molecule has 0 spiro atoms. The summed E-state index contributed by atoms with van der Waals surface area (Å²) in [7, 11) is 0. The van der Waals surface area contributed by atoms with E-state index in [4.69, 9.17) is 4.84 Å². The van der Waals surface area contributed by atoms with Crippen molar-refractivity contribution >= 4 is 23.1 Å². The van der Waals surface area contributed by atoms with Gasteiger partial charge in [-0.25, -0.2) is 5.06 Å². The lowest BCUT2D eigenvalue weighted by atomic mass is 10.1. The average molecular weight is 463 g/mol. The maximum Gasteiger partial charge on any atom is 0.132 e. The molecule has 3 aromatic carbocycles. The summed E-state index contributed by atoms with van der Waals surface area (Å²) in [5.41, 5.74) is 3.75. The van der Waals surface area contributed by atoms with Gasteiger partial charge in [0, 0.05) is 22.8 Å². The second-order valence-corrected chi connectivity index (χ2v) is 9.05. The highest BCUT2D eigenvalue weighted by Crippen LogP contribution is 2.40. The number of thioether (sulfide) groups is 1. The highest BCUT2D eigenvalue weighted by molar-refractivity contribution is 7.99. The predicted octanol–water partition coefficient (Wildman–Crippen LogP) is 6.07. The minimum atomic E-state index is -0.280.